The number of nitrogens with zero attached hydrogens (tertiary/aromatic N) is 2. The van der Waals surface area contributed by atoms with Gasteiger partial charge in [0.25, 0.3) is 0 Å². The Morgan fingerprint density at radius 2 is 2.00 bits per heavy atom. The van der Waals surface area contributed by atoms with E-state index in [2.05, 4.69) is 11.1 Å². The van der Waals surface area contributed by atoms with Crippen LogP contribution in [0.4, 0.5) is 0 Å². The summed E-state index contributed by atoms with van der Waals surface area (Å²) in [5.41, 5.74) is 3.61. The zero-order chi connectivity index (χ0) is 16.5. The fourth-order valence-corrected chi connectivity index (χ4v) is 3.45. The van der Waals surface area contributed by atoms with Crippen LogP contribution < -0.4 is 4.74 Å². The molecule has 0 spiro atoms. The van der Waals surface area contributed by atoms with Crippen molar-refractivity contribution in [2.45, 2.75) is 38.0 Å². The van der Waals surface area contributed by atoms with Gasteiger partial charge in [0.1, 0.15) is 17.0 Å². The van der Waals surface area contributed by atoms with Crippen molar-refractivity contribution in [2.75, 3.05) is 20.3 Å². The second kappa shape index (κ2) is 6.48. The highest BCUT2D eigenvalue weighted by Crippen LogP contribution is 2.35. The van der Waals surface area contributed by atoms with E-state index < -0.39 is 0 Å². The molecule has 5 heteroatoms. The van der Waals surface area contributed by atoms with E-state index in [0.29, 0.717) is 18.1 Å². The lowest BCUT2D eigenvalue weighted by Gasteiger charge is -2.23. The molecule has 1 saturated heterocycles. The summed E-state index contributed by atoms with van der Waals surface area (Å²) in [6, 6.07) is 4.06. The average Bonchev–Trinajstić information content (AvgIpc) is 3.46. The molecule has 0 amide bonds. The number of hydrogen-bond donors (Lipinski definition) is 0. The van der Waals surface area contributed by atoms with Gasteiger partial charge >= 0.3 is 0 Å². The Morgan fingerprint density at radius 3 is 2.71 bits per heavy atom. The van der Waals surface area contributed by atoms with E-state index in [1.807, 2.05) is 6.07 Å². The van der Waals surface area contributed by atoms with Crippen LogP contribution in [0, 0.1) is 5.92 Å². The number of rotatable bonds is 5. The van der Waals surface area contributed by atoms with Gasteiger partial charge in [-0.15, -0.1) is 0 Å². The first-order valence-electron chi connectivity index (χ1n) is 8.69. The number of ether oxygens (including phenoxy) is 2. The number of benzene rings is 1. The molecule has 4 rings (SSSR count). The molecule has 126 valence electrons. The zero-order valence-corrected chi connectivity index (χ0v) is 14.0. The number of aromatic nitrogens is 2. The lowest BCUT2D eigenvalue weighted by molar-refractivity contribution is -0.119. The van der Waals surface area contributed by atoms with Crippen LogP contribution >= 0.6 is 0 Å². The van der Waals surface area contributed by atoms with E-state index >= 15 is 0 Å². The predicted molar refractivity (Wildman–Crippen MR) is 90.3 cm³/mol. The van der Waals surface area contributed by atoms with E-state index in [1.54, 1.807) is 13.3 Å². The first kappa shape index (κ1) is 15.5. The minimum Gasteiger partial charge on any atom is -0.494 e. The van der Waals surface area contributed by atoms with Gasteiger partial charge in [0, 0.05) is 25.3 Å². The molecule has 2 aromatic rings. The Morgan fingerprint density at radius 1 is 1.21 bits per heavy atom. The Kier molecular flexibility index (Phi) is 4.19. The molecule has 0 radical (unpaired) electrons. The molecule has 2 aliphatic rings. The van der Waals surface area contributed by atoms with Crippen LogP contribution in [0.25, 0.3) is 11.0 Å². The molecular formula is C19H22N2O3. The molecule has 0 bridgehead atoms. The predicted octanol–water partition coefficient (Wildman–Crippen LogP) is 3.05. The summed E-state index contributed by atoms with van der Waals surface area (Å²) < 4.78 is 10.9. The van der Waals surface area contributed by atoms with Crippen molar-refractivity contribution in [1.82, 2.24) is 9.97 Å². The van der Waals surface area contributed by atoms with Gasteiger partial charge in [-0.3, -0.25) is 9.78 Å². The van der Waals surface area contributed by atoms with Crippen molar-refractivity contribution < 1.29 is 14.3 Å². The van der Waals surface area contributed by atoms with Gasteiger partial charge in [-0.05, 0) is 43.2 Å². The summed E-state index contributed by atoms with van der Waals surface area (Å²) in [4.78, 5) is 21.4. The second-order valence-corrected chi connectivity index (χ2v) is 6.72. The van der Waals surface area contributed by atoms with Crippen molar-refractivity contribution in [3.8, 4) is 5.75 Å². The van der Waals surface area contributed by atoms with Crippen LogP contribution in [0.1, 0.15) is 42.9 Å². The van der Waals surface area contributed by atoms with Gasteiger partial charge in [0.2, 0.25) is 0 Å². The summed E-state index contributed by atoms with van der Waals surface area (Å²) in [6.07, 6.45) is 6.19. The standard InChI is InChI=1S/C19H22N2O3/c1-23-17-5-4-15(12-6-8-24-9-7-12)18-19(17)21-14(11-20-18)10-16(22)13-2-3-13/h4-5,11-13H,2-3,6-10H2,1H3. The van der Waals surface area contributed by atoms with Crippen molar-refractivity contribution in [1.29, 1.82) is 0 Å². The Hall–Kier alpha value is -2.01. The largest absolute Gasteiger partial charge is 0.494 e. The molecule has 1 aliphatic carbocycles. The number of ketones is 1. The van der Waals surface area contributed by atoms with Crippen LogP contribution in [0.3, 0.4) is 0 Å². The van der Waals surface area contributed by atoms with Crippen molar-refractivity contribution in [3.05, 3.63) is 29.6 Å². The molecular weight excluding hydrogens is 304 g/mol. The maximum Gasteiger partial charge on any atom is 0.146 e. The number of hydrogen-bond acceptors (Lipinski definition) is 5. The number of fused-ring (bicyclic) bond motifs is 1. The molecule has 1 saturated carbocycles. The first-order chi connectivity index (χ1) is 11.8. The number of methoxy groups -OCH3 is 1. The molecule has 1 aromatic heterocycles. The first-order valence-corrected chi connectivity index (χ1v) is 8.69. The van der Waals surface area contributed by atoms with Gasteiger partial charge in [-0.2, -0.15) is 0 Å². The molecule has 0 unspecified atom stereocenters. The van der Waals surface area contributed by atoms with Crippen molar-refractivity contribution >= 4 is 16.8 Å². The topological polar surface area (TPSA) is 61.3 Å². The highest BCUT2D eigenvalue weighted by atomic mass is 16.5. The molecule has 24 heavy (non-hydrogen) atoms. The van der Waals surface area contributed by atoms with Crippen LogP contribution in [0.5, 0.6) is 5.75 Å². The third kappa shape index (κ3) is 3.00. The van der Waals surface area contributed by atoms with Gasteiger partial charge in [-0.1, -0.05) is 6.07 Å². The molecule has 1 aliphatic heterocycles. The number of carbonyl (C=O) groups is 1. The van der Waals surface area contributed by atoms with E-state index in [0.717, 1.165) is 55.6 Å². The fourth-order valence-electron chi connectivity index (χ4n) is 3.45. The summed E-state index contributed by atoms with van der Waals surface area (Å²) in [5.74, 6) is 1.69. The molecule has 0 atom stereocenters. The van der Waals surface area contributed by atoms with Gasteiger partial charge in [0.05, 0.1) is 24.7 Å². The Labute approximate surface area is 141 Å². The smallest absolute Gasteiger partial charge is 0.146 e. The second-order valence-electron chi connectivity index (χ2n) is 6.72. The quantitative estimate of drug-likeness (QED) is 0.845. The number of Topliss-reactive ketones (excluding diaryl/α,β-unsaturated/α-hetero) is 1. The maximum absolute atomic E-state index is 12.1. The summed E-state index contributed by atoms with van der Waals surface area (Å²) >= 11 is 0. The van der Waals surface area contributed by atoms with Crippen LogP contribution in [0.15, 0.2) is 18.3 Å². The monoisotopic (exact) mass is 326 g/mol. The van der Waals surface area contributed by atoms with Crippen molar-refractivity contribution in [3.63, 3.8) is 0 Å². The van der Waals surface area contributed by atoms with E-state index in [-0.39, 0.29) is 11.7 Å². The minimum atomic E-state index is 0.248. The molecule has 0 N–H and O–H groups in total. The molecule has 2 heterocycles. The van der Waals surface area contributed by atoms with Crippen LogP contribution in [-0.2, 0) is 16.0 Å². The Bertz CT molecular complexity index is 765. The third-order valence-corrected chi connectivity index (χ3v) is 5.01. The minimum absolute atomic E-state index is 0.248. The van der Waals surface area contributed by atoms with Gasteiger partial charge in [-0.25, -0.2) is 4.98 Å². The lowest BCUT2D eigenvalue weighted by Crippen LogP contribution is -2.15. The zero-order valence-electron chi connectivity index (χ0n) is 14.0. The molecule has 2 fully saturated rings. The molecule has 1 aromatic carbocycles. The number of carbonyl (C=O) groups excluding carboxylic acids is 1. The van der Waals surface area contributed by atoms with E-state index in [9.17, 15) is 4.79 Å². The van der Waals surface area contributed by atoms with Crippen molar-refractivity contribution in [2.24, 2.45) is 5.92 Å². The van der Waals surface area contributed by atoms with E-state index in [1.165, 1.54) is 5.56 Å². The van der Waals surface area contributed by atoms with Gasteiger partial charge in [0.15, 0.2) is 0 Å². The van der Waals surface area contributed by atoms with Crippen LogP contribution in [-0.4, -0.2) is 36.1 Å². The maximum atomic E-state index is 12.1. The lowest BCUT2D eigenvalue weighted by atomic mass is 9.90. The summed E-state index contributed by atoms with van der Waals surface area (Å²) in [7, 11) is 1.65. The third-order valence-electron chi connectivity index (χ3n) is 5.01. The summed E-state index contributed by atoms with van der Waals surface area (Å²) in [6.45, 7) is 1.58. The SMILES string of the molecule is COc1ccc(C2CCOCC2)c2ncc(CC(=O)C3CC3)nc12. The average molecular weight is 326 g/mol. The normalized spacial score (nSPS) is 18.7. The molecule has 5 nitrogen and oxygen atoms in total. The van der Waals surface area contributed by atoms with Crippen LogP contribution in [0.2, 0.25) is 0 Å². The fraction of sp³-hybridized carbons (Fsp3) is 0.526. The van der Waals surface area contributed by atoms with E-state index in [4.69, 9.17) is 14.5 Å². The highest BCUT2D eigenvalue weighted by Gasteiger charge is 2.29. The van der Waals surface area contributed by atoms with Gasteiger partial charge < -0.3 is 9.47 Å². The summed E-state index contributed by atoms with van der Waals surface area (Å²) in [5, 5.41) is 0. The Balaban J connectivity index is 1.72. The highest BCUT2D eigenvalue weighted by molar-refractivity contribution is 5.87.